The minimum absolute atomic E-state index is 0.346. The lowest BCUT2D eigenvalue weighted by molar-refractivity contribution is -0.148. The molecule has 0 aliphatic heterocycles. The molecule has 112 valence electrons. The highest BCUT2D eigenvalue weighted by Gasteiger charge is 2.34. The summed E-state index contributed by atoms with van der Waals surface area (Å²) in [5.74, 6) is -5.36. The van der Waals surface area contributed by atoms with E-state index in [0.717, 1.165) is 13.2 Å². The Labute approximate surface area is 119 Å². The number of hydrogen-bond donors (Lipinski definition) is 0. The molecule has 20 heavy (non-hydrogen) atoms. The molecule has 0 aromatic heterocycles. The third-order valence-electron chi connectivity index (χ3n) is 2.70. The molecule has 0 amide bonds. The fourth-order valence-electron chi connectivity index (χ4n) is 1.51. The number of rotatable bonds is 5. The van der Waals surface area contributed by atoms with Crippen LogP contribution in [0, 0.1) is 5.82 Å². The standard InChI is InChI=1S/C13H14ClF3O3/c1-4-13(16,17)8-5-10(15)9(14)6-11(8)20-7(2)12(18)19-3/h5-7H,4H2,1-3H3/t7-/m0/s1. The van der Waals surface area contributed by atoms with E-state index in [0.29, 0.717) is 6.07 Å². The van der Waals surface area contributed by atoms with Crippen LogP contribution in [0.4, 0.5) is 13.2 Å². The second-order valence-corrected chi connectivity index (χ2v) is 4.51. The SMILES string of the molecule is CCC(F)(F)c1cc(F)c(Cl)cc1O[C@@H](C)C(=O)OC. The van der Waals surface area contributed by atoms with Crippen LogP contribution in [0.2, 0.25) is 5.02 Å². The lowest BCUT2D eigenvalue weighted by atomic mass is 10.0. The molecule has 7 heteroatoms. The Hall–Kier alpha value is -1.43. The van der Waals surface area contributed by atoms with Crippen molar-refractivity contribution < 1.29 is 27.4 Å². The number of benzene rings is 1. The Morgan fingerprint density at radius 2 is 2.05 bits per heavy atom. The molecule has 0 heterocycles. The molecule has 0 aliphatic rings. The Bertz CT molecular complexity index is 506. The third-order valence-corrected chi connectivity index (χ3v) is 2.99. The van der Waals surface area contributed by atoms with Gasteiger partial charge in [-0.1, -0.05) is 18.5 Å². The maximum absolute atomic E-state index is 13.8. The number of carbonyl (C=O) groups is 1. The molecule has 0 unspecified atom stereocenters. The van der Waals surface area contributed by atoms with Crippen LogP contribution in [0.5, 0.6) is 5.75 Å². The van der Waals surface area contributed by atoms with Crippen molar-refractivity contribution >= 4 is 17.6 Å². The highest BCUT2D eigenvalue weighted by Crippen LogP contribution is 2.40. The van der Waals surface area contributed by atoms with Gasteiger partial charge >= 0.3 is 5.97 Å². The first-order valence-electron chi connectivity index (χ1n) is 5.84. The van der Waals surface area contributed by atoms with Crippen LogP contribution in [-0.2, 0) is 15.5 Å². The van der Waals surface area contributed by atoms with Crippen LogP contribution in [0.25, 0.3) is 0 Å². The summed E-state index contributed by atoms with van der Waals surface area (Å²) in [6, 6.07) is 1.54. The van der Waals surface area contributed by atoms with Crippen LogP contribution in [0.3, 0.4) is 0 Å². The zero-order valence-electron chi connectivity index (χ0n) is 11.2. The van der Waals surface area contributed by atoms with Gasteiger partial charge in [0.1, 0.15) is 11.6 Å². The molecule has 0 fully saturated rings. The monoisotopic (exact) mass is 310 g/mol. The van der Waals surface area contributed by atoms with Crippen LogP contribution in [0.15, 0.2) is 12.1 Å². The summed E-state index contributed by atoms with van der Waals surface area (Å²) in [4.78, 5) is 11.3. The van der Waals surface area contributed by atoms with E-state index in [4.69, 9.17) is 16.3 Å². The number of halogens is 4. The first kappa shape index (κ1) is 16.6. The van der Waals surface area contributed by atoms with E-state index in [1.807, 2.05) is 0 Å². The van der Waals surface area contributed by atoms with Crippen molar-refractivity contribution in [1.29, 1.82) is 0 Å². The van der Waals surface area contributed by atoms with E-state index < -0.39 is 35.8 Å². The van der Waals surface area contributed by atoms with Crippen molar-refractivity contribution in [3.8, 4) is 5.75 Å². The highest BCUT2D eigenvalue weighted by atomic mass is 35.5. The van der Waals surface area contributed by atoms with Crippen molar-refractivity contribution in [2.45, 2.75) is 32.3 Å². The number of carbonyl (C=O) groups excluding carboxylic acids is 1. The highest BCUT2D eigenvalue weighted by molar-refractivity contribution is 6.30. The van der Waals surface area contributed by atoms with E-state index in [1.165, 1.54) is 13.8 Å². The summed E-state index contributed by atoms with van der Waals surface area (Å²) in [6.45, 7) is 2.58. The molecule has 1 atom stereocenters. The number of alkyl halides is 2. The molecule has 0 saturated carbocycles. The van der Waals surface area contributed by atoms with Crippen molar-refractivity contribution in [3.05, 3.63) is 28.5 Å². The van der Waals surface area contributed by atoms with Crippen molar-refractivity contribution in [2.75, 3.05) is 7.11 Å². The molecule has 0 radical (unpaired) electrons. The molecule has 0 bridgehead atoms. The third kappa shape index (κ3) is 3.56. The lowest BCUT2D eigenvalue weighted by Crippen LogP contribution is -2.26. The van der Waals surface area contributed by atoms with Gasteiger partial charge in [0.15, 0.2) is 6.10 Å². The van der Waals surface area contributed by atoms with Gasteiger partial charge in [0, 0.05) is 12.5 Å². The van der Waals surface area contributed by atoms with Crippen molar-refractivity contribution in [3.63, 3.8) is 0 Å². The topological polar surface area (TPSA) is 35.5 Å². The van der Waals surface area contributed by atoms with Gasteiger partial charge in [0.05, 0.1) is 17.7 Å². The smallest absolute Gasteiger partial charge is 0.346 e. The number of hydrogen-bond acceptors (Lipinski definition) is 3. The molecule has 1 aromatic rings. The van der Waals surface area contributed by atoms with E-state index in [9.17, 15) is 18.0 Å². The first-order chi connectivity index (χ1) is 9.22. The number of ether oxygens (including phenoxy) is 2. The lowest BCUT2D eigenvalue weighted by Gasteiger charge is -2.21. The first-order valence-corrected chi connectivity index (χ1v) is 6.22. The number of esters is 1. The van der Waals surface area contributed by atoms with Gasteiger partial charge < -0.3 is 9.47 Å². The molecule has 0 aliphatic carbocycles. The second-order valence-electron chi connectivity index (χ2n) is 4.10. The molecule has 1 aromatic carbocycles. The maximum atomic E-state index is 13.8. The largest absolute Gasteiger partial charge is 0.478 e. The van der Waals surface area contributed by atoms with Gasteiger partial charge in [-0.15, -0.1) is 0 Å². The van der Waals surface area contributed by atoms with Crippen molar-refractivity contribution in [1.82, 2.24) is 0 Å². The van der Waals surface area contributed by atoms with Gasteiger partial charge in [0.2, 0.25) is 0 Å². The second kappa shape index (κ2) is 6.35. The zero-order chi connectivity index (χ0) is 15.5. The maximum Gasteiger partial charge on any atom is 0.346 e. The van der Waals surface area contributed by atoms with Gasteiger partial charge in [-0.2, -0.15) is 0 Å². The fourth-order valence-corrected chi connectivity index (χ4v) is 1.66. The molecular formula is C13H14ClF3O3. The Balaban J connectivity index is 3.23. The zero-order valence-corrected chi connectivity index (χ0v) is 11.9. The Morgan fingerprint density at radius 3 is 2.55 bits per heavy atom. The van der Waals surface area contributed by atoms with E-state index >= 15 is 0 Å². The molecule has 1 rings (SSSR count). The minimum Gasteiger partial charge on any atom is -0.478 e. The van der Waals surface area contributed by atoms with Crippen LogP contribution >= 0.6 is 11.6 Å². The summed E-state index contributed by atoms with van der Waals surface area (Å²) < 4.78 is 50.5. The summed E-state index contributed by atoms with van der Waals surface area (Å²) in [7, 11) is 1.14. The predicted molar refractivity (Wildman–Crippen MR) is 67.7 cm³/mol. The van der Waals surface area contributed by atoms with E-state index in [2.05, 4.69) is 4.74 Å². The minimum atomic E-state index is -3.30. The van der Waals surface area contributed by atoms with Gasteiger partial charge in [-0.3, -0.25) is 0 Å². The summed E-state index contributed by atoms with van der Waals surface area (Å²) in [5.41, 5.74) is -0.655. The quantitative estimate of drug-likeness (QED) is 0.773. The van der Waals surface area contributed by atoms with Crippen molar-refractivity contribution in [2.24, 2.45) is 0 Å². The summed E-state index contributed by atoms with van der Waals surface area (Å²) >= 11 is 5.56. The van der Waals surface area contributed by atoms with E-state index in [1.54, 1.807) is 0 Å². The van der Waals surface area contributed by atoms with Gasteiger partial charge in [-0.05, 0) is 13.0 Å². The molecular weight excluding hydrogens is 297 g/mol. The summed E-state index contributed by atoms with van der Waals surface area (Å²) in [6.07, 6.45) is -1.66. The molecule has 0 spiro atoms. The van der Waals surface area contributed by atoms with Crippen LogP contribution in [0.1, 0.15) is 25.8 Å². The number of methoxy groups -OCH3 is 1. The molecule has 3 nitrogen and oxygen atoms in total. The predicted octanol–water partition coefficient (Wildman–Crippen LogP) is 3.92. The molecule has 0 saturated heterocycles. The normalized spacial score (nSPS) is 12.9. The Morgan fingerprint density at radius 1 is 1.45 bits per heavy atom. The fraction of sp³-hybridized carbons (Fsp3) is 0.462. The van der Waals surface area contributed by atoms with E-state index in [-0.39, 0.29) is 10.8 Å². The summed E-state index contributed by atoms with van der Waals surface area (Å²) in [5, 5.41) is -0.368. The van der Waals surface area contributed by atoms with Gasteiger partial charge in [-0.25, -0.2) is 18.0 Å². The van der Waals surface area contributed by atoms with Crippen LogP contribution in [-0.4, -0.2) is 19.2 Å². The van der Waals surface area contributed by atoms with Crippen LogP contribution < -0.4 is 4.74 Å². The average molecular weight is 311 g/mol. The van der Waals surface area contributed by atoms with Gasteiger partial charge in [0.25, 0.3) is 5.92 Å². The Kier molecular flexibility index (Phi) is 5.28. The molecule has 0 N–H and O–H groups in total. The average Bonchev–Trinajstić information content (AvgIpc) is 2.41.